The standard InChI is InChI=1S/C20H23N3O3/c24-18-8-6-15(7-9-18)4-3-11-22-20(26)16-12-19(25)23(13-16)14-17-5-1-2-10-21-17/h1-2,5-10,16,24H,3-4,11-14H2,(H,22,26)/t16-/m1/s1. The van der Waals surface area contributed by atoms with Crippen LogP contribution in [0.25, 0.3) is 0 Å². The Morgan fingerprint density at radius 1 is 1.23 bits per heavy atom. The van der Waals surface area contributed by atoms with Gasteiger partial charge in [0.25, 0.3) is 0 Å². The number of carbonyl (C=O) groups is 2. The summed E-state index contributed by atoms with van der Waals surface area (Å²) in [7, 11) is 0. The van der Waals surface area contributed by atoms with E-state index in [1.54, 1.807) is 23.2 Å². The Morgan fingerprint density at radius 2 is 2.04 bits per heavy atom. The molecule has 0 saturated carbocycles. The first kappa shape index (κ1) is 17.9. The summed E-state index contributed by atoms with van der Waals surface area (Å²) in [5.41, 5.74) is 1.95. The van der Waals surface area contributed by atoms with Gasteiger partial charge in [-0.2, -0.15) is 0 Å². The number of amides is 2. The highest BCUT2D eigenvalue weighted by Crippen LogP contribution is 2.20. The van der Waals surface area contributed by atoms with E-state index in [0.29, 0.717) is 19.6 Å². The van der Waals surface area contributed by atoms with Gasteiger partial charge in [0.2, 0.25) is 11.8 Å². The smallest absolute Gasteiger partial charge is 0.225 e. The Balaban J connectivity index is 1.41. The fourth-order valence-corrected chi connectivity index (χ4v) is 3.10. The summed E-state index contributed by atoms with van der Waals surface area (Å²) in [5.74, 6) is -0.101. The van der Waals surface area contributed by atoms with Crippen LogP contribution in [0.5, 0.6) is 5.75 Å². The van der Waals surface area contributed by atoms with Gasteiger partial charge in [-0.3, -0.25) is 14.6 Å². The van der Waals surface area contributed by atoms with E-state index in [1.165, 1.54) is 0 Å². The van der Waals surface area contributed by atoms with Crippen LogP contribution in [-0.4, -0.2) is 39.9 Å². The lowest BCUT2D eigenvalue weighted by Crippen LogP contribution is -2.33. The number of aromatic hydroxyl groups is 1. The lowest BCUT2D eigenvalue weighted by molar-refractivity contribution is -0.129. The second-order valence-corrected chi connectivity index (χ2v) is 6.56. The molecule has 6 nitrogen and oxygen atoms in total. The monoisotopic (exact) mass is 353 g/mol. The van der Waals surface area contributed by atoms with Crippen LogP contribution in [0.3, 0.4) is 0 Å². The van der Waals surface area contributed by atoms with E-state index in [4.69, 9.17) is 0 Å². The fourth-order valence-electron chi connectivity index (χ4n) is 3.10. The minimum absolute atomic E-state index is 0.0000960. The van der Waals surface area contributed by atoms with Gasteiger partial charge in [-0.15, -0.1) is 0 Å². The first-order valence-electron chi connectivity index (χ1n) is 8.85. The molecule has 2 N–H and O–H groups in total. The summed E-state index contributed by atoms with van der Waals surface area (Å²) >= 11 is 0. The first-order valence-corrected chi connectivity index (χ1v) is 8.85. The van der Waals surface area contributed by atoms with Gasteiger partial charge in [0.15, 0.2) is 0 Å². The second-order valence-electron chi connectivity index (χ2n) is 6.56. The summed E-state index contributed by atoms with van der Waals surface area (Å²) in [6, 6.07) is 12.7. The van der Waals surface area contributed by atoms with Crippen molar-refractivity contribution in [2.24, 2.45) is 5.92 Å². The molecule has 1 saturated heterocycles. The third kappa shape index (κ3) is 4.81. The normalized spacial score (nSPS) is 16.7. The lowest BCUT2D eigenvalue weighted by atomic mass is 10.1. The summed E-state index contributed by atoms with van der Waals surface area (Å²) in [5, 5.41) is 12.2. The maximum Gasteiger partial charge on any atom is 0.225 e. The second kappa shape index (κ2) is 8.47. The van der Waals surface area contributed by atoms with E-state index in [2.05, 4.69) is 10.3 Å². The Kier molecular flexibility index (Phi) is 5.84. The van der Waals surface area contributed by atoms with Crippen molar-refractivity contribution < 1.29 is 14.7 Å². The van der Waals surface area contributed by atoms with Gasteiger partial charge in [0.05, 0.1) is 18.2 Å². The van der Waals surface area contributed by atoms with Crippen molar-refractivity contribution in [3.8, 4) is 5.75 Å². The number of hydrogen-bond donors (Lipinski definition) is 2. The molecule has 2 heterocycles. The third-order valence-corrected chi connectivity index (χ3v) is 4.54. The third-order valence-electron chi connectivity index (χ3n) is 4.54. The summed E-state index contributed by atoms with van der Waals surface area (Å²) in [6.07, 6.45) is 3.61. The highest BCUT2D eigenvalue weighted by molar-refractivity contribution is 5.89. The number of hydrogen-bond acceptors (Lipinski definition) is 4. The highest BCUT2D eigenvalue weighted by atomic mass is 16.3. The number of rotatable bonds is 7. The Labute approximate surface area is 152 Å². The first-order chi connectivity index (χ1) is 12.6. The minimum atomic E-state index is -0.292. The molecule has 0 unspecified atom stereocenters. The Hall–Kier alpha value is -2.89. The SMILES string of the molecule is O=C(NCCCc1ccc(O)cc1)[C@@H]1CC(=O)N(Cc2ccccn2)C1. The van der Waals surface area contributed by atoms with Gasteiger partial charge >= 0.3 is 0 Å². The molecule has 1 aliphatic rings. The van der Waals surface area contributed by atoms with Crippen molar-refractivity contribution in [2.75, 3.05) is 13.1 Å². The number of benzene rings is 1. The number of nitrogens with one attached hydrogen (secondary N) is 1. The lowest BCUT2D eigenvalue weighted by Gasteiger charge is -2.16. The number of pyridine rings is 1. The van der Waals surface area contributed by atoms with Crippen molar-refractivity contribution in [3.05, 3.63) is 59.9 Å². The predicted octanol–water partition coefficient (Wildman–Crippen LogP) is 1.88. The molecular formula is C20H23N3O3. The maximum atomic E-state index is 12.3. The topological polar surface area (TPSA) is 82.5 Å². The molecule has 26 heavy (non-hydrogen) atoms. The van der Waals surface area contributed by atoms with Crippen LogP contribution in [0.15, 0.2) is 48.7 Å². The van der Waals surface area contributed by atoms with Crippen molar-refractivity contribution >= 4 is 11.8 Å². The van der Waals surface area contributed by atoms with Crippen molar-refractivity contribution in [2.45, 2.75) is 25.8 Å². The van der Waals surface area contributed by atoms with Crippen LogP contribution in [0.2, 0.25) is 0 Å². The molecule has 0 spiro atoms. The van der Waals surface area contributed by atoms with Crippen LogP contribution < -0.4 is 5.32 Å². The highest BCUT2D eigenvalue weighted by Gasteiger charge is 2.34. The molecule has 3 rings (SSSR count). The molecule has 2 aromatic rings. The van der Waals surface area contributed by atoms with E-state index in [1.807, 2.05) is 30.3 Å². The van der Waals surface area contributed by atoms with E-state index < -0.39 is 0 Å². The number of carbonyl (C=O) groups excluding carboxylic acids is 2. The molecule has 1 aliphatic heterocycles. The van der Waals surface area contributed by atoms with Crippen molar-refractivity contribution in [3.63, 3.8) is 0 Å². The van der Waals surface area contributed by atoms with Gasteiger partial charge in [-0.25, -0.2) is 0 Å². The Bertz CT molecular complexity index is 747. The van der Waals surface area contributed by atoms with Crippen LogP contribution in [0, 0.1) is 5.92 Å². The summed E-state index contributed by atoms with van der Waals surface area (Å²) in [6.45, 7) is 1.47. The number of phenolic OH excluding ortho intramolecular Hbond substituents is 1. The van der Waals surface area contributed by atoms with Gasteiger partial charge in [0.1, 0.15) is 5.75 Å². The van der Waals surface area contributed by atoms with Gasteiger partial charge in [-0.05, 0) is 42.7 Å². The zero-order valence-corrected chi connectivity index (χ0v) is 14.6. The average molecular weight is 353 g/mol. The van der Waals surface area contributed by atoms with E-state index in [9.17, 15) is 14.7 Å². The van der Waals surface area contributed by atoms with Crippen LogP contribution in [0.4, 0.5) is 0 Å². The van der Waals surface area contributed by atoms with Gasteiger partial charge < -0.3 is 15.3 Å². The molecule has 0 aliphatic carbocycles. The molecule has 0 radical (unpaired) electrons. The fraction of sp³-hybridized carbons (Fsp3) is 0.350. The Morgan fingerprint density at radius 3 is 2.77 bits per heavy atom. The number of aryl methyl sites for hydroxylation is 1. The number of likely N-dealkylation sites (tertiary alicyclic amines) is 1. The van der Waals surface area contributed by atoms with Crippen LogP contribution in [0.1, 0.15) is 24.1 Å². The largest absolute Gasteiger partial charge is 0.508 e. The van der Waals surface area contributed by atoms with Crippen molar-refractivity contribution in [1.29, 1.82) is 0 Å². The maximum absolute atomic E-state index is 12.3. The van der Waals surface area contributed by atoms with Crippen LogP contribution >= 0.6 is 0 Å². The zero-order valence-electron chi connectivity index (χ0n) is 14.6. The summed E-state index contributed by atoms with van der Waals surface area (Å²) in [4.78, 5) is 30.4. The minimum Gasteiger partial charge on any atom is -0.508 e. The zero-order chi connectivity index (χ0) is 18.4. The quantitative estimate of drug-likeness (QED) is 0.745. The molecule has 6 heteroatoms. The molecule has 0 bridgehead atoms. The average Bonchev–Trinajstić information content (AvgIpc) is 3.01. The molecule has 1 fully saturated rings. The number of phenols is 1. The summed E-state index contributed by atoms with van der Waals surface area (Å²) < 4.78 is 0. The molecule has 1 atom stereocenters. The van der Waals surface area contributed by atoms with E-state index in [0.717, 1.165) is 24.1 Å². The van der Waals surface area contributed by atoms with E-state index >= 15 is 0 Å². The van der Waals surface area contributed by atoms with Crippen LogP contribution in [-0.2, 0) is 22.6 Å². The molecular weight excluding hydrogens is 330 g/mol. The van der Waals surface area contributed by atoms with Gasteiger partial charge in [0, 0.05) is 25.7 Å². The predicted molar refractivity (Wildman–Crippen MR) is 97.2 cm³/mol. The van der Waals surface area contributed by atoms with Gasteiger partial charge in [-0.1, -0.05) is 18.2 Å². The number of aromatic nitrogens is 1. The van der Waals surface area contributed by atoms with E-state index in [-0.39, 0.29) is 29.9 Å². The molecule has 1 aromatic heterocycles. The molecule has 2 amide bonds. The molecule has 1 aromatic carbocycles. The number of nitrogens with zero attached hydrogens (tertiary/aromatic N) is 2. The van der Waals surface area contributed by atoms with Crippen molar-refractivity contribution in [1.82, 2.24) is 15.2 Å². The molecule has 136 valence electrons.